The van der Waals surface area contributed by atoms with Crippen LogP contribution in [-0.4, -0.2) is 42.4 Å². The number of aryl methyl sites for hydroxylation is 1. The first-order valence-electron chi connectivity index (χ1n) is 12.2. The van der Waals surface area contributed by atoms with Crippen molar-refractivity contribution in [3.05, 3.63) is 76.5 Å². The maximum atomic E-state index is 13.2. The molecule has 3 aromatic heterocycles. The zero-order chi connectivity index (χ0) is 28.2. The van der Waals surface area contributed by atoms with E-state index in [1.807, 2.05) is 42.2 Å². The molecule has 0 amide bonds. The largest absolute Gasteiger partial charge is 0.481 e. The summed E-state index contributed by atoms with van der Waals surface area (Å²) in [6, 6.07) is 12.8. The second kappa shape index (κ2) is 9.86. The maximum absolute atomic E-state index is 13.2. The molecule has 2 aromatic carbocycles. The number of rotatable bonds is 5. The second-order valence-corrected chi connectivity index (χ2v) is 10.8. The van der Waals surface area contributed by atoms with Crippen LogP contribution in [0.5, 0.6) is 0 Å². The molecular weight excluding hydrogens is 565 g/mol. The summed E-state index contributed by atoms with van der Waals surface area (Å²) >= 11 is 7.55. The zero-order valence-corrected chi connectivity index (χ0v) is 22.5. The van der Waals surface area contributed by atoms with Crippen LogP contribution in [0.3, 0.4) is 0 Å². The third kappa shape index (κ3) is 4.77. The topological polar surface area (TPSA) is 97.0 Å². The SMILES string of the molecule is Cc1cc2nc(-c3ccnc(N4CCn5c(nnc5C(F)(F)F)C4)c3)sc2c(-c2ccc(Cl)cc2)c1CC(=O)O. The second-order valence-electron chi connectivity index (χ2n) is 9.41. The Balaban J connectivity index is 1.39. The number of hydrogen-bond acceptors (Lipinski definition) is 7. The first-order valence-corrected chi connectivity index (χ1v) is 13.4. The van der Waals surface area contributed by atoms with Crippen LogP contribution >= 0.6 is 22.9 Å². The van der Waals surface area contributed by atoms with Crippen LogP contribution in [0.2, 0.25) is 5.02 Å². The van der Waals surface area contributed by atoms with E-state index in [1.54, 1.807) is 18.3 Å². The summed E-state index contributed by atoms with van der Waals surface area (Å²) in [5.41, 5.74) is 4.71. The molecule has 0 radical (unpaired) electrons. The lowest BCUT2D eigenvalue weighted by molar-refractivity contribution is -0.147. The molecular formula is C27H20ClF3N6O2S. The van der Waals surface area contributed by atoms with Gasteiger partial charge in [-0.1, -0.05) is 23.7 Å². The van der Waals surface area contributed by atoms with Crippen molar-refractivity contribution in [2.45, 2.75) is 32.6 Å². The lowest BCUT2D eigenvalue weighted by Crippen LogP contribution is -2.35. The lowest BCUT2D eigenvalue weighted by atomic mass is 9.93. The molecule has 4 heterocycles. The van der Waals surface area contributed by atoms with Gasteiger partial charge >= 0.3 is 12.1 Å². The highest BCUT2D eigenvalue weighted by molar-refractivity contribution is 7.22. The van der Waals surface area contributed by atoms with E-state index in [9.17, 15) is 23.1 Å². The van der Waals surface area contributed by atoms with Crippen molar-refractivity contribution < 1.29 is 23.1 Å². The molecule has 6 rings (SSSR count). The maximum Gasteiger partial charge on any atom is 0.451 e. The first kappa shape index (κ1) is 26.2. The van der Waals surface area contributed by atoms with Gasteiger partial charge in [-0.3, -0.25) is 4.79 Å². The fourth-order valence-electron chi connectivity index (χ4n) is 4.95. The van der Waals surface area contributed by atoms with Crippen molar-refractivity contribution in [3.8, 4) is 21.7 Å². The third-order valence-corrected chi connectivity index (χ3v) is 8.19. The number of thiazole rings is 1. The molecule has 13 heteroatoms. The number of anilines is 1. The van der Waals surface area contributed by atoms with Crippen LogP contribution in [0.25, 0.3) is 31.9 Å². The molecule has 1 aliphatic rings. The number of alkyl halides is 3. The van der Waals surface area contributed by atoms with Gasteiger partial charge in [0.05, 0.1) is 23.2 Å². The number of pyridine rings is 1. The molecule has 0 spiro atoms. The van der Waals surface area contributed by atoms with Crippen molar-refractivity contribution in [3.63, 3.8) is 0 Å². The van der Waals surface area contributed by atoms with Gasteiger partial charge < -0.3 is 14.6 Å². The van der Waals surface area contributed by atoms with E-state index in [2.05, 4.69) is 15.2 Å². The van der Waals surface area contributed by atoms with Gasteiger partial charge in [-0.15, -0.1) is 21.5 Å². The number of aliphatic carboxylic acids is 1. The summed E-state index contributed by atoms with van der Waals surface area (Å²) in [6.07, 6.45) is -3.06. The quantitative estimate of drug-likeness (QED) is 0.261. The molecule has 0 fully saturated rings. The average Bonchev–Trinajstić information content (AvgIpc) is 3.53. The third-order valence-electron chi connectivity index (χ3n) is 6.80. The molecule has 0 saturated carbocycles. The first-order chi connectivity index (χ1) is 19.1. The molecule has 0 atom stereocenters. The number of hydrogen-bond donors (Lipinski definition) is 1. The summed E-state index contributed by atoms with van der Waals surface area (Å²) in [5, 5.41) is 18.0. The number of fused-ring (bicyclic) bond motifs is 2. The van der Waals surface area contributed by atoms with Crippen LogP contribution in [0.4, 0.5) is 19.0 Å². The van der Waals surface area contributed by atoms with E-state index in [4.69, 9.17) is 16.6 Å². The molecule has 1 aliphatic heterocycles. The Morgan fingerprint density at radius 3 is 2.60 bits per heavy atom. The van der Waals surface area contributed by atoms with Gasteiger partial charge in [0.2, 0.25) is 5.82 Å². The summed E-state index contributed by atoms with van der Waals surface area (Å²) < 4.78 is 41.7. The highest BCUT2D eigenvalue weighted by atomic mass is 35.5. The Labute approximate surface area is 234 Å². The highest BCUT2D eigenvalue weighted by Gasteiger charge is 2.39. The van der Waals surface area contributed by atoms with Crippen LogP contribution in [-0.2, 0) is 30.5 Å². The fourth-order valence-corrected chi connectivity index (χ4v) is 6.21. The van der Waals surface area contributed by atoms with Gasteiger partial charge in [0.15, 0.2) is 5.82 Å². The molecule has 0 bridgehead atoms. The Morgan fingerprint density at radius 2 is 1.88 bits per heavy atom. The van der Waals surface area contributed by atoms with E-state index in [0.29, 0.717) is 28.0 Å². The minimum absolute atomic E-state index is 0.0836. The van der Waals surface area contributed by atoms with Crippen molar-refractivity contribution in [1.82, 2.24) is 24.7 Å². The normalized spacial score (nSPS) is 13.6. The number of halogens is 4. The van der Waals surface area contributed by atoms with E-state index in [0.717, 1.165) is 37.0 Å². The molecule has 0 aliphatic carbocycles. The molecule has 5 aromatic rings. The number of carboxylic acid groups (broad SMARTS) is 1. The minimum Gasteiger partial charge on any atom is -0.481 e. The Hall–Kier alpha value is -4.03. The summed E-state index contributed by atoms with van der Waals surface area (Å²) in [4.78, 5) is 22.9. The highest BCUT2D eigenvalue weighted by Crippen LogP contribution is 2.41. The number of carboxylic acids is 1. The molecule has 0 saturated heterocycles. The number of carbonyl (C=O) groups is 1. The van der Waals surface area contributed by atoms with E-state index in [1.165, 1.54) is 11.3 Å². The lowest BCUT2D eigenvalue weighted by Gasteiger charge is -2.29. The zero-order valence-electron chi connectivity index (χ0n) is 20.9. The molecule has 40 heavy (non-hydrogen) atoms. The Bertz CT molecular complexity index is 1770. The Morgan fingerprint density at radius 1 is 1.10 bits per heavy atom. The number of benzene rings is 2. The monoisotopic (exact) mass is 584 g/mol. The van der Waals surface area contributed by atoms with E-state index < -0.39 is 18.0 Å². The van der Waals surface area contributed by atoms with Crippen LogP contribution in [0.1, 0.15) is 22.8 Å². The van der Waals surface area contributed by atoms with E-state index in [-0.39, 0.29) is 25.3 Å². The predicted molar refractivity (Wildman–Crippen MR) is 145 cm³/mol. The van der Waals surface area contributed by atoms with Gasteiger partial charge in [-0.05, 0) is 53.9 Å². The fraction of sp³-hybridized carbons (Fsp3) is 0.222. The van der Waals surface area contributed by atoms with Crippen LogP contribution in [0, 0.1) is 6.92 Å². The Kier molecular flexibility index (Phi) is 6.46. The van der Waals surface area contributed by atoms with Gasteiger partial charge in [0.25, 0.3) is 0 Å². The summed E-state index contributed by atoms with van der Waals surface area (Å²) in [5.74, 6) is -1.12. The van der Waals surface area contributed by atoms with E-state index >= 15 is 0 Å². The molecule has 204 valence electrons. The minimum atomic E-state index is -4.56. The van der Waals surface area contributed by atoms with Gasteiger partial charge in [0.1, 0.15) is 10.8 Å². The molecule has 1 N–H and O–H groups in total. The van der Waals surface area contributed by atoms with Gasteiger partial charge in [0, 0.05) is 35.4 Å². The smallest absolute Gasteiger partial charge is 0.451 e. The van der Waals surface area contributed by atoms with Crippen LogP contribution in [0.15, 0.2) is 48.7 Å². The average molecular weight is 585 g/mol. The van der Waals surface area contributed by atoms with Crippen molar-refractivity contribution in [2.24, 2.45) is 0 Å². The molecule has 8 nitrogen and oxygen atoms in total. The summed E-state index contributed by atoms with van der Waals surface area (Å²) in [7, 11) is 0. The predicted octanol–water partition coefficient (Wildman–Crippen LogP) is 6.24. The van der Waals surface area contributed by atoms with Crippen molar-refractivity contribution in [1.29, 1.82) is 0 Å². The van der Waals surface area contributed by atoms with Gasteiger partial charge in [-0.25, -0.2) is 9.97 Å². The number of aromatic nitrogens is 5. The van der Waals surface area contributed by atoms with Crippen molar-refractivity contribution >= 4 is 44.9 Å². The summed E-state index contributed by atoms with van der Waals surface area (Å²) in [6.45, 7) is 2.40. The molecule has 0 unspecified atom stereocenters. The van der Waals surface area contributed by atoms with Crippen molar-refractivity contribution in [2.75, 3.05) is 11.4 Å². The van der Waals surface area contributed by atoms with Gasteiger partial charge in [-0.2, -0.15) is 13.2 Å². The number of nitrogens with zero attached hydrogens (tertiary/aromatic N) is 6. The van der Waals surface area contributed by atoms with Crippen LogP contribution < -0.4 is 4.90 Å². The standard InChI is InChI=1S/C27H20ClF3N6O2S/c1-14-10-19-24(23(18(14)12-22(38)39)15-2-4-17(28)5-3-15)40-25(33-19)16-6-7-32-20(11-16)36-8-9-37-21(13-36)34-35-26(37)27(29,30)31/h2-7,10-11H,8-9,12-13H2,1H3,(H,38,39).